The van der Waals surface area contributed by atoms with Crippen LogP contribution in [-0.2, 0) is 0 Å². The highest BCUT2D eigenvalue weighted by Crippen LogP contribution is 2.41. The Morgan fingerprint density at radius 3 is 2.36 bits per heavy atom. The van der Waals surface area contributed by atoms with E-state index >= 15 is 0 Å². The summed E-state index contributed by atoms with van der Waals surface area (Å²) in [4.78, 5) is 0. The summed E-state index contributed by atoms with van der Waals surface area (Å²) in [7, 11) is 2.08. The zero-order chi connectivity index (χ0) is 8.16. The monoisotopic (exact) mass is 155 g/mol. The Kier molecular flexibility index (Phi) is 3.38. The van der Waals surface area contributed by atoms with Crippen molar-refractivity contribution < 1.29 is 0 Å². The standard InChI is InChI=1S/C10H21N/c1-3-6-10(9-11-2)7-4-5-8-10/h11H,3-9H2,1-2H3. The molecule has 1 N–H and O–H groups in total. The van der Waals surface area contributed by atoms with E-state index in [4.69, 9.17) is 0 Å². The van der Waals surface area contributed by atoms with E-state index in [1.807, 2.05) is 0 Å². The minimum absolute atomic E-state index is 0.684. The van der Waals surface area contributed by atoms with E-state index in [-0.39, 0.29) is 0 Å². The zero-order valence-corrected chi connectivity index (χ0v) is 7.95. The molecule has 66 valence electrons. The molecule has 1 fully saturated rings. The fourth-order valence-corrected chi connectivity index (χ4v) is 2.55. The van der Waals surface area contributed by atoms with E-state index in [1.54, 1.807) is 0 Å². The van der Waals surface area contributed by atoms with Crippen LogP contribution >= 0.6 is 0 Å². The lowest BCUT2D eigenvalue weighted by Gasteiger charge is -2.28. The molecule has 0 aromatic carbocycles. The second-order valence-corrected chi connectivity index (χ2v) is 3.99. The number of nitrogens with one attached hydrogen (secondary N) is 1. The van der Waals surface area contributed by atoms with Crippen molar-refractivity contribution in [3.8, 4) is 0 Å². The summed E-state index contributed by atoms with van der Waals surface area (Å²) in [5.41, 5.74) is 0.684. The Balaban J connectivity index is 2.40. The lowest BCUT2D eigenvalue weighted by atomic mass is 9.82. The van der Waals surface area contributed by atoms with Gasteiger partial charge in [-0.2, -0.15) is 0 Å². The SMILES string of the molecule is CCCC1(CNC)CCCC1. The molecular weight excluding hydrogens is 134 g/mol. The maximum absolute atomic E-state index is 3.34. The van der Waals surface area contributed by atoms with Crippen molar-refractivity contribution in [2.75, 3.05) is 13.6 Å². The topological polar surface area (TPSA) is 12.0 Å². The van der Waals surface area contributed by atoms with Crippen LogP contribution in [0.15, 0.2) is 0 Å². The molecule has 0 saturated heterocycles. The molecule has 0 bridgehead atoms. The molecule has 0 spiro atoms. The van der Waals surface area contributed by atoms with Gasteiger partial charge in [0, 0.05) is 6.54 Å². The van der Waals surface area contributed by atoms with Crippen LogP contribution in [0.4, 0.5) is 0 Å². The van der Waals surface area contributed by atoms with Gasteiger partial charge in [0.05, 0.1) is 0 Å². The van der Waals surface area contributed by atoms with Crippen LogP contribution in [0.25, 0.3) is 0 Å². The van der Waals surface area contributed by atoms with E-state index in [1.165, 1.54) is 45.1 Å². The fourth-order valence-electron chi connectivity index (χ4n) is 2.55. The predicted molar refractivity (Wildman–Crippen MR) is 49.7 cm³/mol. The van der Waals surface area contributed by atoms with Gasteiger partial charge >= 0.3 is 0 Å². The van der Waals surface area contributed by atoms with E-state index in [9.17, 15) is 0 Å². The summed E-state index contributed by atoms with van der Waals surface area (Å²) >= 11 is 0. The van der Waals surface area contributed by atoms with Crippen LogP contribution in [-0.4, -0.2) is 13.6 Å². The number of hydrogen-bond acceptors (Lipinski definition) is 1. The average molecular weight is 155 g/mol. The van der Waals surface area contributed by atoms with Crippen molar-refractivity contribution in [1.29, 1.82) is 0 Å². The molecule has 1 aliphatic carbocycles. The van der Waals surface area contributed by atoms with Crippen LogP contribution in [0.2, 0.25) is 0 Å². The normalized spacial score (nSPS) is 22.4. The van der Waals surface area contributed by atoms with Gasteiger partial charge in [0.1, 0.15) is 0 Å². The first-order chi connectivity index (χ1) is 5.33. The predicted octanol–water partition coefficient (Wildman–Crippen LogP) is 2.57. The smallest absolute Gasteiger partial charge is 0.000480 e. The second-order valence-electron chi connectivity index (χ2n) is 3.99. The molecule has 0 aliphatic heterocycles. The Labute approximate surface area is 70.6 Å². The molecule has 1 aliphatic rings. The maximum atomic E-state index is 3.34. The molecule has 1 rings (SSSR count). The Morgan fingerprint density at radius 1 is 1.27 bits per heavy atom. The molecular formula is C10H21N. The third kappa shape index (κ3) is 2.19. The number of hydrogen-bond donors (Lipinski definition) is 1. The summed E-state index contributed by atoms with van der Waals surface area (Å²) in [6.07, 6.45) is 8.61. The number of rotatable bonds is 4. The third-order valence-corrected chi connectivity index (χ3v) is 3.00. The van der Waals surface area contributed by atoms with Gasteiger partial charge < -0.3 is 5.32 Å². The Morgan fingerprint density at radius 2 is 1.91 bits per heavy atom. The van der Waals surface area contributed by atoms with E-state index in [0.717, 1.165) is 0 Å². The summed E-state index contributed by atoms with van der Waals surface area (Å²) in [6.45, 7) is 3.54. The summed E-state index contributed by atoms with van der Waals surface area (Å²) in [5.74, 6) is 0. The summed E-state index contributed by atoms with van der Waals surface area (Å²) in [5, 5.41) is 3.34. The maximum Gasteiger partial charge on any atom is 0.000480 e. The van der Waals surface area contributed by atoms with Crippen molar-refractivity contribution in [2.24, 2.45) is 5.41 Å². The van der Waals surface area contributed by atoms with Gasteiger partial charge in [-0.1, -0.05) is 26.2 Å². The van der Waals surface area contributed by atoms with Crippen molar-refractivity contribution in [3.63, 3.8) is 0 Å². The minimum atomic E-state index is 0.684. The van der Waals surface area contributed by atoms with Crippen LogP contribution in [0.1, 0.15) is 45.4 Å². The lowest BCUT2D eigenvalue weighted by Crippen LogP contribution is -2.29. The van der Waals surface area contributed by atoms with Gasteiger partial charge in [-0.15, -0.1) is 0 Å². The first-order valence-electron chi connectivity index (χ1n) is 4.97. The second kappa shape index (κ2) is 4.10. The fraction of sp³-hybridized carbons (Fsp3) is 1.00. The van der Waals surface area contributed by atoms with Crippen molar-refractivity contribution >= 4 is 0 Å². The first-order valence-corrected chi connectivity index (χ1v) is 4.97. The molecule has 11 heavy (non-hydrogen) atoms. The minimum Gasteiger partial charge on any atom is -0.319 e. The molecule has 0 amide bonds. The summed E-state index contributed by atoms with van der Waals surface area (Å²) in [6, 6.07) is 0. The summed E-state index contributed by atoms with van der Waals surface area (Å²) < 4.78 is 0. The van der Waals surface area contributed by atoms with Crippen LogP contribution in [0.3, 0.4) is 0 Å². The molecule has 1 heteroatoms. The van der Waals surface area contributed by atoms with Crippen molar-refractivity contribution in [1.82, 2.24) is 5.32 Å². The van der Waals surface area contributed by atoms with Gasteiger partial charge in [0.2, 0.25) is 0 Å². The highest BCUT2D eigenvalue weighted by molar-refractivity contribution is 4.85. The zero-order valence-electron chi connectivity index (χ0n) is 7.95. The van der Waals surface area contributed by atoms with Crippen molar-refractivity contribution in [3.05, 3.63) is 0 Å². The van der Waals surface area contributed by atoms with Gasteiger partial charge in [-0.05, 0) is 31.7 Å². The van der Waals surface area contributed by atoms with Gasteiger partial charge in [-0.25, -0.2) is 0 Å². The molecule has 0 unspecified atom stereocenters. The van der Waals surface area contributed by atoms with Crippen molar-refractivity contribution in [2.45, 2.75) is 45.4 Å². The van der Waals surface area contributed by atoms with Gasteiger partial charge in [0.25, 0.3) is 0 Å². The molecule has 0 atom stereocenters. The lowest BCUT2D eigenvalue weighted by molar-refractivity contribution is 0.261. The van der Waals surface area contributed by atoms with E-state index in [0.29, 0.717) is 5.41 Å². The van der Waals surface area contributed by atoms with Crippen LogP contribution < -0.4 is 5.32 Å². The average Bonchev–Trinajstić information content (AvgIpc) is 2.39. The van der Waals surface area contributed by atoms with E-state index in [2.05, 4.69) is 19.3 Å². The Hall–Kier alpha value is -0.0400. The molecule has 1 nitrogen and oxygen atoms in total. The molecule has 0 aromatic rings. The van der Waals surface area contributed by atoms with Crippen LogP contribution in [0.5, 0.6) is 0 Å². The molecule has 0 aromatic heterocycles. The molecule has 0 heterocycles. The van der Waals surface area contributed by atoms with Gasteiger partial charge in [0.15, 0.2) is 0 Å². The first kappa shape index (κ1) is 9.05. The third-order valence-electron chi connectivity index (χ3n) is 3.00. The van der Waals surface area contributed by atoms with Crippen LogP contribution in [0, 0.1) is 5.41 Å². The molecule has 1 saturated carbocycles. The quantitative estimate of drug-likeness (QED) is 0.658. The van der Waals surface area contributed by atoms with Gasteiger partial charge in [-0.3, -0.25) is 0 Å². The highest BCUT2D eigenvalue weighted by Gasteiger charge is 2.31. The highest BCUT2D eigenvalue weighted by atomic mass is 14.8. The van der Waals surface area contributed by atoms with E-state index < -0.39 is 0 Å². The largest absolute Gasteiger partial charge is 0.319 e. The Bertz CT molecular complexity index is 95.4. The molecule has 0 radical (unpaired) electrons.